The normalized spacial score (nSPS) is 14.6. The van der Waals surface area contributed by atoms with Crippen molar-refractivity contribution in [3.63, 3.8) is 0 Å². The molecule has 0 aliphatic carbocycles. The van der Waals surface area contributed by atoms with Crippen LogP contribution in [-0.2, 0) is 65.4 Å². The molecule has 0 saturated carbocycles. The number of hydrogen-bond acceptors (Lipinski definition) is 15. The fourth-order valence-corrected chi connectivity index (χ4v) is 11.7. The molecule has 0 fully saturated rings. The number of ether oxygens (including phenoxy) is 4. The van der Waals surface area contributed by atoms with E-state index in [0.717, 1.165) is 120 Å². The van der Waals surface area contributed by atoms with Gasteiger partial charge in [0.05, 0.1) is 26.4 Å². The highest BCUT2D eigenvalue weighted by atomic mass is 31.2. The zero-order chi connectivity index (χ0) is 64.7. The SMILES string of the molecule is CCC(C)CCCCCCCCC(=O)OC[C@H](COP(=O)(O)OCC(O)COP(=O)(O)OC[C@@H](COC(=O)CCCCCCCCCC(C)C)OC(=O)CCCCCCCCCCC(C)C)OC(=O)CCCCCCCCCCCCCCCC(C)C. The van der Waals surface area contributed by atoms with Gasteiger partial charge in [-0.2, -0.15) is 0 Å². The van der Waals surface area contributed by atoms with Gasteiger partial charge in [0.25, 0.3) is 0 Å². The summed E-state index contributed by atoms with van der Waals surface area (Å²) in [5.74, 6) is 0.805. The van der Waals surface area contributed by atoms with Gasteiger partial charge in [0.15, 0.2) is 12.2 Å². The van der Waals surface area contributed by atoms with Gasteiger partial charge in [-0.25, -0.2) is 9.13 Å². The molecule has 0 aliphatic heterocycles. The van der Waals surface area contributed by atoms with Crippen LogP contribution in [0.15, 0.2) is 0 Å². The number of esters is 4. The minimum Gasteiger partial charge on any atom is -0.462 e. The topological polar surface area (TPSA) is 237 Å². The number of unbranched alkanes of at least 4 members (excludes halogenated alkanes) is 30. The van der Waals surface area contributed by atoms with Gasteiger partial charge in [0.2, 0.25) is 0 Å². The molecule has 0 aliphatic rings. The lowest BCUT2D eigenvalue weighted by Crippen LogP contribution is -2.30. The Labute approximate surface area is 530 Å². The largest absolute Gasteiger partial charge is 0.472 e. The molecule has 0 bridgehead atoms. The quantitative estimate of drug-likeness (QED) is 0.0222. The van der Waals surface area contributed by atoms with Gasteiger partial charge in [-0.1, -0.05) is 280 Å². The maximum atomic E-state index is 13.0. The fourth-order valence-electron chi connectivity index (χ4n) is 10.1. The lowest BCUT2D eigenvalue weighted by Gasteiger charge is -2.21. The molecule has 87 heavy (non-hydrogen) atoms. The lowest BCUT2D eigenvalue weighted by molar-refractivity contribution is -0.161. The van der Waals surface area contributed by atoms with E-state index < -0.39 is 97.5 Å². The van der Waals surface area contributed by atoms with Crippen LogP contribution >= 0.6 is 15.6 Å². The van der Waals surface area contributed by atoms with Crippen LogP contribution < -0.4 is 0 Å². The second kappa shape index (κ2) is 57.9. The molecule has 0 aromatic carbocycles. The minimum atomic E-state index is -4.95. The average Bonchev–Trinajstić information content (AvgIpc) is 3.69. The van der Waals surface area contributed by atoms with Crippen LogP contribution in [0.5, 0.6) is 0 Å². The van der Waals surface area contributed by atoms with E-state index in [1.54, 1.807) is 0 Å². The fraction of sp³-hybridized carbons (Fsp3) is 0.941. The number of phosphoric ester groups is 2. The summed E-state index contributed by atoms with van der Waals surface area (Å²) in [7, 11) is -9.90. The number of aliphatic hydroxyl groups is 1. The third-order valence-corrected chi connectivity index (χ3v) is 17.8. The van der Waals surface area contributed by atoms with Gasteiger partial charge >= 0.3 is 39.5 Å². The van der Waals surface area contributed by atoms with Crippen LogP contribution in [0.1, 0.15) is 331 Å². The van der Waals surface area contributed by atoms with Gasteiger partial charge < -0.3 is 33.8 Å². The standard InChI is InChI=1S/C68H132O17P2/c1-9-61(8)47-39-31-26-27-33-41-49-66(71)79-55-64(84-67(72)50-42-34-23-16-14-12-10-11-13-15-20-28-36-44-58(2)3)57-83-87(76,77)81-53-62(69)52-80-86(74,75)82-56-63(54-78-65(70)48-40-32-25-19-22-30-38-46-60(6)7)85-68(73)51-43-35-24-18-17-21-29-37-45-59(4)5/h58-64,69H,9-57H2,1-8H3,(H,74,75)(H,76,77)/t61?,62?,63-,64-/m1/s1. The van der Waals surface area contributed by atoms with Gasteiger partial charge in [-0.3, -0.25) is 37.3 Å². The summed E-state index contributed by atoms with van der Waals surface area (Å²) >= 11 is 0. The summed E-state index contributed by atoms with van der Waals surface area (Å²) in [6, 6.07) is 0. The Morgan fingerprint density at radius 2 is 0.552 bits per heavy atom. The zero-order valence-electron chi connectivity index (χ0n) is 56.6. The van der Waals surface area contributed by atoms with Gasteiger partial charge in [0, 0.05) is 25.7 Å². The maximum Gasteiger partial charge on any atom is 0.472 e. The molecule has 19 heteroatoms. The van der Waals surface area contributed by atoms with Crippen molar-refractivity contribution < 1.29 is 80.2 Å². The Morgan fingerprint density at radius 3 is 0.816 bits per heavy atom. The van der Waals surface area contributed by atoms with Crippen molar-refractivity contribution in [2.45, 2.75) is 350 Å². The molecule has 4 unspecified atom stereocenters. The third kappa shape index (κ3) is 61.3. The molecule has 0 amide bonds. The Bertz CT molecular complexity index is 1730. The number of rotatable bonds is 65. The molecule has 6 atom stereocenters. The number of hydrogen-bond donors (Lipinski definition) is 3. The first-order chi connectivity index (χ1) is 41.6. The monoisotopic (exact) mass is 1280 g/mol. The summed E-state index contributed by atoms with van der Waals surface area (Å²) in [4.78, 5) is 72.4. The average molecular weight is 1280 g/mol. The summed E-state index contributed by atoms with van der Waals surface area (Å²) in [6.45, 7) is 14.0. The molecule has 0 heterocycles. The molecule has 0 spiro atoms. The Balaban J connectivity index is 5.24. The summed E-state index contributed by atoms with van der Waals surface area (Å²) in [5.41, 5.74) is 0. The molecule has 0 saturated heterocycles. The molecule has 3 N–H and O–H groups in total. The van der Waals surface area contributed by atoms with Gasteiger partial charge in [-0.05, 0) is 49.4 Å². The van der Waals surface area contributed by atoms with Crippen LogP contribution in [0.2, 0.25) is 0 Å². The highest BCUT2D eigenvalue weighted by molar-refractivity contribution is 7.47. The molecular weight excluding hydrogens is 1150 g/mol. The van der Waals surface area contributed by atoms with E-state index in [1.165, 1.54) is 122 Å². The summed E-state index contributed by atoms with van der Waals surface area (Å²) in [5, 5.41) is 10.6. The molecule has 0 aromatic rings. The van der Waals surface area contributed by atoms with Crippen molar-refractivity contribution >= 4 is 39.5 Å². The minimum absolute atomic E-state index is 0.103. The number of carbonyl (C=O) groups excluding carboxylic acids is 4. The molecule has 516 valence electrons. The Hall–Kier alpha value is -1.94. The van der Waals surface area contributed by atoms with Crippen molar-refractivity contribution in [3.8, 4) is 0 Å². The van der Waals surface area contributed by atoms with Crippen LogP contribution in [-0.4, -0.2) is 96.7 Å². The van der Waals surface area contributed by atoms with Crippen molar-refractivity contribution in [2.24, 2.45) is 23.7 Å². The van der Waals surface area contributed by atoms with Crippen LogP contribution in [0.4, 0.5) is 0 Å². The summed E-state index contributed by atoms with van der Waals surface area (Å²) < 4.78 is 68.2. The van der Waals surface area contributed by atoms with E-state index in [-0.39, 0.29) is 25.7 Å². The van der Waals surface area contributed by atoms with E-state index >= 15 is 0 Å². The van der Waals surface area contributed by atoms with Crippen molar-refractivity contribution in [1.29, 1.82) is 0 Å². The number of aliphatic hydroxyl groups excluding tert-OH is 1. The Kier molecular flexibility index (Phi) is 56.6. The molecule has 0 rings (SSSR count). The Morgan fingerprint density at radius 1 is 0.322 bits per heavy atom. The van der Waals surface area contributed by atoms with E-state index in [4.69, 9.17) is 37.0 Å². The lowest BCUT2D eigenvalue weighted by atomic mass is 10.00. The smallest absolute Gasteiger partial charge is 0.462 e. The first-order valence-electron chi connectivity index (χ1n) is 35.2. The van der Waals surface area contributed by atoms with E-state index in [2.05, 4.69) is 55.4 Å². The molecule has 0 radical (unpaired) electrons. The molecule has 17 nitrogen and oxygen atoms in total. The first kappa shape index (κ1) is 85.1. The zero-order valence-corrected chi connectivity index (χ0v) is 58.4. The van der Waals surface area contributed by atoms with Crippen LogP contribution in [0, 0.1) is 23.7 Å². The van der Waals surface area contributed by atoms with Gasteiger partial charge in [-0.15, -0.1) is 0 Å². The predicted molar refractivity (Wildman–Crippen MR) is 349 cm³/mol. The van der Waals surface area contributed by atoms with Crippen molar-refractivity contribution in [2.75, 3.05) is 39.6 Å². The number of phosphoric acid groups is 2. The van der Waals surface area contributed by atoms with E-state index in [9.17, 15) is 43.2 Å². The van der Waals surface area contributed by atoms with Crippen LogP contribution in [0.25, 0.3) is 0 Å². The van der Waals surface area contributed by atoms with Crippen molar-refractivity contribution in [1.82, 2.24) is 0 Å². The first-order valence-corrected chi connectivity index (χ1v) is 38.2. The third-order valence-electron chi connectivity index (χ3n) is 15.9. The maximum absolute atomic E-state index is 13.0. The molecule has 0 aromatic heterocycles. The second-order valence-corrected chi connectivity index (χ2v) is 29.1. The van der Waals surface area contributed by atoms with Crippen LogP contribution in [0.3, 0.4) is 0 Å². The van der Waals surface area contributed by atoms with E-state index in [1.807, 2.05) is 0 Å². The van der Waals surface area contributed by atoms with Crippen molar-refractivity contribution in [3.05, 3.63) is 0 Å². The second-order valence-electron chi connectivity index (χ2n) is 26.2. The molecular formula is C68H132O17P2. The summed E-state index contributed by atoms with van der Waals surface area (Å²) in [6.07, 6.45) is 39.1. The highest BCUT2D eigenvalue weighted by Crippen LogP contribution is 2.45. The number of carbonyl (C=O) groups is 4. The predicted octanol–water partition coefficient (Wildman–Crippen LogP) is 18.9. The van der Waals surface area contributed by atoms with E-state index in [0.29, 0.717) is 31.6 Å². The van der Waals surface area contributed by atoms with Gasteiger partial charge in [0.1, 0.15) is 19.3 Å². The highest BCUT2D eigenvalue weighted by Gasteiger charge is 2.30.